The second kappa shape index (κ2) is 5.20. The van der Waals surface area contributed by atoms with Crippen LogP contribution in [0.4, 0.5) is 0 Å². The molecule has 0 aromatic carbocycles. The average Bonchev–Trinajstić information content (AvgIpc) is 2.76. The quantitative estimate of drug-likeness (QED) is 0.561. The van der Waals surface area contributed by atoms with Crippen molar-refractivity contribution in [1.82, 2.24) is 5.32 Å². The highest BCUT2D eigenvalue weighted by molar-refractivity contribution is 6.67. The fraction of sp³-hybridized carbons (Fsp3) is 0.400. The van der Waals surface area contributed by atoms with Gasteiger partial charge < -0.3 is 10.4 Å². The van der Waals surface area contributed by atoms with Crippen LogP contribution in [-0.4, -0.2) is 47.6 Å². The molecule has 0 radical (unpaired) electrons. The predicted octanol–water partition coefficient (Wildman–Crippen LogP) is 0.331. The first-order valence-electron chi connectivity index (χ1n) is 5.12. The number of fused-ring (bicyclic) bond motifs is 1. The maximum atomic E-state index is 8.85. The van der Waals surface area contributed by atoms with Crippen LogP contribution in [-0.2, 0) is 0 Å². The number of amidine groups is 3. The van der Waals surface area contributed by atoms with Gasteiger partial charge in [-0.15, -0.1) is 0 Å². The van der Waals surface area contributed by atoms with Crippen LogP contribution < -0.4 is 5.32 Å². The predicted molar refractivity (Wildman–Crippen MR) is 69.3 cm³/mol. The summed E-state index contributed by atoms with van der Waals surface area (Å²) in [6.45, 7) is 2.30. The smallest absolute Gasteiger partial charge is 0.203 e. The molecule has 2 rings (SSSR count). The van der Waals surface area contributed by atoms with Crippen LogP contribution in [0.2, 0.25) is 0 Å². The van der Waals surface area contributed by atoms with Gasteiger partial charge in [-0.3, -0.25) is 9.98 Å². The van der Waals surface area contributed by atoms with Crippen LogP contribution in [0.3, 0.4) is 0 Å². The van der Waals surface area contributed by atoms with Crippen LogP contribution in [0.1, 0.15) is 6.92 Å². The Labute approximate surface area is 104 Å². The van der Waals surface area contributed by atoms with Crippen molar-refractivity contribution < 1.29 is 5.11 Å². The molecule has 0 spiro atoms. The van der Waals surface area contributed by atoms with E-state index < -0.39 is 0 Å². The molecule has 1 unspecified atom stereocenters. The number of rotatable bonds is 3. The van der Waals surface area contributed by atoms with Gasteiger partial charge in [0.25, 0.3) is 0 Å². The number of hydrogen-bond donors (Lipinski definition) is 2. The molecule has 0 aromatic rings. The second-order valence-electron chi connectivity index (χ2n) is 3.62. The molecule has 2 heterocycles. The van der Waals surface area contributed by atoms with Crippen molar-refractivity contribution in [3.05, 3.63) is 11.6 Å². The molecule has 90 valence electrons. The summed E-state index contributed by atoms with van der Waals surface area (Å²) in [5.41, 5.74) is 0.863. The normalized spacial score (nSPS) is 25.5. The fourth-order valence-electron chi connectivity index (χ4n) is 1.37. The zero-order valence-electron chi connectivity index (χ0n) is 9.26. The molecule has 0 saturated heterocycles. The van der Waals surface area contributed by atoms with Gasteiger partial charge in [0, 0.05) is 0 Å². The molecule has 2 aliphatic rings. The summed E-state index contributed by atoms with van der Waals surface area (Å²) in [5, 5.41) is 11.9. The van der Waals surface area contributed by atoms with E-state index in [1.807, 2.05) is 13.0 Å². The third-order valence-electron chi connectivity index (χ3n) is 2.30. The molecule has 2 N–H and O–H groups in total. The molecule has 6 nitrogen and oxygen atoms in total. The highest BCUT2D eigenvalue weighted by atomic mass is 35.5. The van der Waals surface area contributed by atoms with E-state index in [0.29, 0.717) is 18.2 Å². The van der Waals surface area contributed by atoms with E-state index >= 15 is 0 Å². The summed E-state index contributed by atoms with van der Waals surface area (Å²) in [4.78, 5) is 16.5. The Morgan fingerprint density at radius 1 is 1.71 bits per heavy atom. The summed E-state index contributed by atoms with van der Waals surface area (Å²) in [6, 6.07) is -0.277. The van der Waals surface area contributed by atoms with Gasteiger partial charge in [-0.2, -0.15) is 0 Å². The lowest BCUT2D eigenvalue weighted by Gasteiger charge is -2.17. The van der Waals surface area contributed by atoms with Crippen LogP contribution in [0.15, 0.2) is 31.6 Å². The Morgan fingerprint density at radius 2 is 2.53 bits per heavy atom. The highest BCUT2D eigenvalue weighted by Gasteiger charge is 2.28. The van der Waals surface area contributed by atoms with E-state index in [1.54, 1.807) is 0 Å². The first kappa shape index (κ1) is 11.9. The van der Waals surface area contributed by atoms with Crippen molar-refractivity contribution >= 4 is 34.9 Å². The largest absolute Gasteiger partial charge is 0.392 e. The first-order valence-corrected chi connectivity index (χ1v) is 5.50. The van der Waals surface area contributed by atoms with Crippen LogP contribution in [0, 0.1) is 0 Å². The molecule has 2 aliphatic heterocycles. The fourth-order valence-corrected chi connectivity index (χ4v) is 1.55. The minimum atomic E-state index is -0.277. The lowest BCUT2D eigenvalue weighted by Crippen LogP contribution is -2.43. The van der Waals surface area contributed by atoms with Gasteiger partial charge in [-0.25, -0.2) is 9.98 Å². The second-order valence-corrected chi connectivity index (χ2v) is 3.97. The Balaban J connectivity index is 2.13. The van der Waals surface area contributed by atoms with Gasteiger partial charge >= 0.3 is 0 Å². The van der Waals surface area contributed by atoms with E-state index in [4.69, 9.17) is 16.7 Å². The summed E-state index contributed by atoms with van der Waals surface area (Å²) >= 11 is 5.81. The van der Waals surface area contributed by atoms with Gasteiger partial charge in [-0.05, 0) is 18.5 Å². The minimum Gasteiger partial charge on any atom is -0.392 e. The van der Waals surface area contributed by atoms with Crippen molar-refractivity contribution in [1.29, 1.82) is 0 Å². The summed E-state index contributed by atoms with van der Waals surface area (Å²) in [7, 11) is 0. The van der Waals surface area contributed by atoms with Crippen LogP contribution in [0.25, 0.3) is 0 Å². The number of halogens is 1. The van der Waals surface area contributed by atoms with Crippen LogP contribution in [0.5, 0.6) is 0 Å². The van der Waals surface area contributed by atoms with E-state index in [2.05, 4.69) is 25.3 Å². The van der Waals surface area contributed by atoms with Gasteiger partial charge in [0.15, 0.2) is 11.9 Å². The molecular weight excluding hydrogens is 242 g/mol. The molecule has 0 bridgehead atoms. The Bertz CT molecular complexity index is 463. The SMILES string of the molecule is C/C(=C\CN=C1N=C(Cl)NC2=NC=NC12)CO. The highest BCUT2D eigenvalue weighted by Crippen LogP contribution is 2.10. The molecule has 0 saturated carbocycles. The lowest BCUT2D eigenvalue weighted by molar-refractivity contribution is 0.331. The molecule has 7 heteroatoms. The Kier molecular flexibility index (Phi) is 3.65. The number of aliphatic imine (C=N–C) groups is 4. The molecule has 0 amide bonds. The topological polar surface area (TPSA) is 81.7 Å². The maximum Gasteiger partial charge on any atom is 0.203 e. The molecule has 0 fully saturated rings. The Hall–Kier alpha value is -1.53. The zero-order valence-corrected chi connectivity index (χ0v) is 10.0. The molecule has 0 aliphatic carbocycles. The maximum absolute atomic E-state index is 8.85. The zero-order chi connectivity index (χ0) is 12.3. The van der Waals surface area contributed by atoms with Crippen LogP contribution >= 0.6 is 11.6 Å². The van der Waals surface area contributed by atoms with Gasteiger partial charge in [0.1, 0.15) is 12.2 Å². The van der Waals surface area contributed by atoms with Crippen molar-refractivity contribution in [3.63, 3.8) is 0 Å². The van der Waals surface area contributed by atoms with Gasteiger partial charge in [0.05, 0.1) is 13.2 Å². The first-order chi connectivity index (χ1) is 8.20. The molecule has 0 aromatic heterocycles. The molecule has 1 atom stereocenters. The van der Waals surface area contributed by atoms with Crippen molar-refractivity contribution in [3.8, 4) is 0 Å². The standard InChI is InChI=1S/C10H12ClN5O/c1-6(4-17)2-3-12-8-7-9(14-5-13-7)16-10(11)15-8/h2,5,7,17H,3-4H2,1H3,(H,12,13,14,15,16)/b6-2+. The minimum absolute atomic E-state index is 0.0325. The third-order valence-corrected chi connectivity index (χ3v) is 2.48. The van der Waals surface area contributed by atoms with Crippen molar-refractivity contribution in [2.45, 2.75) is 13.0 Å². The lowest BCUT2D eigenvalue weighted by atomic mass is 10.2. The number of nitrogens with one attached hydrogen (secondary N) is 1. The third kappa shape index (κ3) is 2.78. The van der Waals surface area contributed by atoms with Gasteiger partial charge in [-0.1, -0.05) is 11.6 Å². The summed E-state index contributed by atoms with van der Waals surface area (Å²) < 4.78 is 0. The number of aliphatic hydroxyl groups excluding tert-OH is 1. The van der Waals surface area contributed by atoms with Crippen molar-refractivity contribution in [2.24, 2.45) is 20.0 Å². The molecular formula is C10H12ClN5O. The van der Waals surface area contributed by atoms with Crippen molar-refractivity contribution in [2.75, 3.05) is 13.2 Å². The summed E-state index contributed by atoms with van der Waals surface area (Å²) in [6.07, 6.45) is 3.29. The monoisotopic (exact) mass is 253 g/mol. The number of hydrogen-bond acceptors (Lipinski definition) is 5. The van der Waals surface area contributed by atoms with Gasteiger partial charge in [0.2, 0.25) is 5.29 Å². The number of aliphatic hydroxyl groups is 1. The number of nitrogens with zero attached hydrogens (tertiary/aromatic N) is 4. The Morgan fingerprint density at radius 3 is 3.29 bits per heavy atom. The molecule has 17 heavy (non-hydrogen) atoms. The average molecular weight is 254 g/mol. The van der Waals surface area contributed by atoms with E-state index in [9.17, 15) is 0 Å². The van der Waals surface area contributed by atoms with E-state index in [-0.39, 0.29) is 17.9 Å². The summed E-state index contributed by atoms with van der Waals surface area (Å²) in [5.74, 6) is 1.18. The van der Waals surface area contributed by atoms with E-state index in [0.717, 1.165) is 5.57 Å². The van der Waals surface area contributed by atoms with E-state index in [1.165, 1.54) is 6.34 Å².